The van der Waals surface area contributed by atoms with Crippen molar-refractivity contribution < 1.29 is 0 Å². The number of nitrogens with two attached hydrogens (primary N) is 1. The molecule has 0 aliphatic carbocycles. The highest BCUT2D eigenvalue weighted by Gasteiger charge is 2.15. The van der Waals surface area contributed by atoms with E-state index >= 15 is 0 Å². The predicted octanol–water partition coefficient (Wildman–Crippen LogP) is 4.23. The molecule has 0 atom stereocenters. The first-order valence-corrected chi connectivity index (χ1v) is 7.10. The van der Waals surface area contributed by atoms with E-state index in [-0.39, 0.29) is 0 Å². The van der Waals surface area contributed by atoms with E-state index < -0.39 is 0 Å². The van der Waals surface area contributed by atoms with Crippen molar-refractivity contribution in [1.82, 2.24) is 9.97 Å². The van der Waals surface area contributed by atoms with Gasteiger partial charge >= 0.3 is 0 Å². The van der Waals surface area contributed by atoms with Crippen LogP contribution >= 0.6 is 15.9 Å². The molecule has 1 heterocycles. The molecule has 0 spiro atoms. The monoisotopic (exact) mass is 319 g/mol. The molecule has 19 heavy (non-hydrogen) atoms. The molecule has 0 aliphatic heterocycles. The van der Waals surface area contributed by atoms with Crippen molar-refractivity contribution in [3.63, 3.8) is 0 Å². The minimum absolute atomic E-state index is 0.296. The summed E-state index contributed by atoms with van der Waals surface area (Å²) in [6, 6.07) is 6.25. The number of aromatic nitrogens is 2. The fraction of sp³-hybridized carbons (Fsp3) is 0.333. The predicted molar refractivity (Wildman–Crippen MR) is 83.1 cm³/mol. The first-order valence-electron chi connectivity index (χ1n) is 6.30. The van der Waals surface area contributed by atoms with Crippen LogP contribution in [0.5, 0.6) is 0 Å². The Morgan fingerprint density at radius 2 is 1.84 bits per heavy atom. The van der Waals surface area contributed by atoms with Crippen molar-refractivity contribution in [3.05, 3.63) is 39.5 Å². The number of benzene rings is 1. The van der Waals surface area contributed by atoms with Crippen LogP contribution in [-0.2, 0) is 0 Å². The van der Waals surface area contributed by atoms with Crippen LogP contribution in [0.15, 0.2) is 22.7 Å². The van der Waals surface area contributed by atoms with Crippen LogP contribution in [0.4, 0.5) is 5.82 Å². The molecule has 2 rings (SSSR count). The maximum Gasteiger partial charge on any atom is 0.162 e. The third-order valence-electron chi connectivity index (χ3n) is 3.07. The summed E-state index contributed by atoms with van der Waals surface area (Å²) < 4.78 is 0.802. The molecule has 2 aromatic rings. The summed E-state index contributed by atoms with van der Waals surface area (Å²) in [5.41, 5.74) is 10.4. The summed E-state index contributed by atoms with van der Waals surface area (Å²) in [6.45, 7) is 8.34. The van der Waals surface area contributed by atoms with E-state index in [2.05, 4.69) is 71.8 Å². The van der Waals surface area contributed by atoms with Crippen molar-refractivity contribution in [2.45, 2.75) is 33.6 Å². The molecule has 0 unspecified atom stereocenters. The molecule has 3 nitrogen and oxygen atoms in total. The second kappa shape index (κ2) is 5.29. The van der Waals surface area contributed by atoms with Gasteiger partial charge in [0.2, 0.25) is 0 Å². The van der Waals surface area contributed by atoms with E-state index in [0.717, 1.165) is 21.3 Å². The van der Waals surface area contributed by atoms with Gasteiger partial charge in [0.1, 0.15) is 5.82 Å². The smallest absolute Gasteiger partial charge is 0.162 e. The van der Waals surface area contributed by atoms with Crippen molar-refractivity contribution >= 4 is 21.7 Å². The minimum Gasteiger partial charge on any atom is -0.383 e. The molecular formula is C15H18BrN3. The van der Waals surface area contributed by atoms with Crippen molar-refractivity contribution in [2.75, 3.05) is 5.73 Å². The van der Waals surface area contributed by atoms with Gasteiger partial charge in [0.05, 0.1) is 10.2 Å². The van der Waals surface area contributed by atoms with Crippen LogP contribution < -0.4 is 5.73 Å². The number of hydrogen-bond donors (Lipinski definition) is 1. The van der Waals surface area contributed by atoms with Crippen LogP contribution in [0.3, 0.4) is 0 Å². The summed E-state index contributed by atoms with van der Waals surface area (Å²) in [7, 11) is 0. The topological polar surface area (TPSA) is 51.8 Å². The maximum absolute atomic E-state index is 5.98. The Kier molecular flexibility index (Phi) is 3.90. The summed E-state index contributed by atoms with van der Waals surface area (Å²) in [5, 5.41) is 0. The fourth-order valence-electron chi connectivity index (χ4n) is 2.05. The number of halogens is 1. The zero-order valence-corrected chi connectivity index (χ0v) is 13.2. The molecule has 0 radical (unpaired) electrons. The molecule has 0 amide bonds. The van der Waals surface area contributed by atoms with Crippen molar-refractivity contribution in [2.24, 2.45) is 0 Å². The Morgan fingerprint density at radius 1 is 1.16 bits per heavy atom. The Morgan fingerprint density at radius 3 is 2.42 bits per heavy atom. The van der Waals surface area contributed by atoms with Gasteiger partial charge in [-0.2, -0.15) is 0 Å². The average Bonchev–Trinajstić information content (AvgIpc) is 2.32. The van der Waals surface area contributed by atoms with Gasteiger partial charge in [-0.25, -0.2) is 9.97 Å². The molecule has 0 bridgehead atoms. The van der Waals surface area contributed by atoms with Gasteiger partial charge < -0.3 is 5.73 Å². The van der Waals surface area contributed by atoms with Gasteiger partial charge in [0.25, 0.3) is 0 Å². The van der Waals surface area contributed by atoms with Gasteiger partial charge in [-0.15, -0.1) is 0 Å². The normalized spacial score (nSPS) is 11.1. The maximum atomic E-state index is 5.98. The fourth-order valence-corrected chi connectivity index (χ4v) is 2.69. The van der Waals surface area contributed by atoms with E-state index in [4.69, 9.17) is 5.73 Å². The highest BCUT2D eigenvalue weighted by Crippen LogP contribution is 2.30. The lowest BCUT2D eigenvalue weighted by Gasteiger charge is -2.13. The van der Waals surface area contributed by atoms with Crippen LogP contribution in [0, 0.1) is 13.8 Å². The standard InChI is InChI=1S/C15H18BrN3/c1-8(2)13-12(16)14(17)19-15(18-13)11-6-5-9(3)7-10(11)4/h5-8H,1-4H3,(H2,17,18,19). The zero-order chi connectivity index (χ0) is 14.2. The number of nitrogens with zero attached hydrogens (tertiary/aromatic N) is 2. The van der Waals surface area contributed by atoms with Gasteiger partial charge in [-0.1, -0.05) is 37.6 Å². The molecule has 1 aromatic heterocycles. The quantitative estimate of drug-likeness (QED) is 0.901. The number of aryl methyl sites for hydroxylation is 2. The third kappa shape index (κ3) is 2.78. The summed E-state index contributed by atoms with van der Waals surface area (Å²) in [4.78, 5) is 9.05. The number of rotatable bonds is 2. The lowest BCUT2D eigenvalue weighted by atomic mass is 10.0. The molecule has 2 N–H and O–H groups in total. The van der Waals surface area contributed by atoms with Gasteiger partial charge in [0, 0.05) is 5.56 Å². The van der Waals surface area contributed by atoms with Gasteiger partial charge in [0.15, 0.2) is 5.82 Å². The summed E-state index contributed by atoms with van der Waals surface area (Å²) >= 11 is 3.47. The largest absolute Gasteiger partial charge is 0.383 e. The first-order chi connectivity index (χ1) is 8.90. The van der Waals surface area contributed by atoms with Crippen molar-refractivity contribution in [1.29, 1.82) is 0 Å². The Labute approximate surface area is 122 Å². The highest BCUT2D eigenvalue weighted by atomic mass is 79.9. The van der Waals surface area contributed by atoms with E-state index in [1.807, 2.05) is 0 Å². The van der Waals surface area contributed by atoms with E-state index in [0.29, 0.717) is 17.6 Å². The van der Waals surface area contributed by atoms with Crippen LogP contribution in [0.2, 0.25) is 0 Å². The molecule has 0 saturated heterocycles. The minimum atomic E-state index is 0.296. The molecule has 1 aromatic carbocycles. The van der Waals surface area contributed by atoms with E-state index in [9.17, 15) is 0 Å². The van der Waals surface area contributed by atoms with Gasteiger partial charge in [-0.3, -0.25) is 0 Å². The molecule has 0 saturated carbocycles. The SMILES string of the molecule is Cc1ccc(-c2nc(N)c(Br)c(C(C)C)n2)c(C)c1. The lowest BCUT2D eigenvalue weighted by Crippen LogP contribution is -2.04. The number of anilines is 1. The third-order valence-corrected chi connectivity index (χ3v) is 3.88. The molecule has 0 fully saturated rings. The van der Waals surface area contributed by atoms with Crippen LogP contribution in [0.25, 0.3) is 11.4 Å². The Balaban J connectivity index is 2.63. The molecular weight excluding hydrogens is 302 g/mol. The molecule has 100 valence electrons. The van der Waals surface area contributed by atoms with Crippen LogP contribution in [0.1, 0.15) is 36.6 Å². The van der Waals surface area contributed by atoms with Crippen molar-refractivity contribution in [3.8, 4) is 11.4 Å². The number of hydrogen-bond acceptors (Lipinski definition) is 3. The number of nitrogen functional groups attached to an aromatic ring is 1. The Hall–Kier alpha value is -1.42. The molecule has 0 aliphatic rings. The highest BCUT2D eigenvalue weighted by molar-refractivity contribution is 9.10. The summed E-state index contributed by atoms with van der Waals surface area (Å²) in [6.07, 6.45) is 0. The second-order valence-electron chi connectivity index (χ2n) is 5.10. The molecule has 4 heteroatoms. The van der Waals surface area contributed by atoms with E-state index in [1.54, 1.807) is 0 Å². The first kappa shape index (κ1) is 14.0. The second-order valence-corrected chi connectivity index (χ2v) is 5.90. The van der Waals surface area contributed by atoms with E-state index in [1.165, 1.54) is 5.56 Å². The average molecular weight is 320 g/mol. The Bertz CT molecular complexity index is 621. The lowest BCUT2D eigenvalue weighted by molar-refractivity contribution is 0.811. The van der Waals surface area contributed by atoms with Gasteiger partial charge in [-0.05, 0) is 41.3 Å². The zero-order valence-electron chi connectivity index (χ0n) is 11.7. The summed E-state index contributed by atoms with van der Waals surface area (Å²) in [5.74, 6) is 1.49. The van der Waals surface area contributed by atoms with Crippen LogP contribution in [-0.4, -0.2) is 9.97 Å².